The van der Waals surface area contributed by atoms with Crippen LogP contribution in [0.25, 0.3) is 21.8 Å². The Hall–Kier alpha value is -2.92. The van der Waals surface area contributed by atoms with Crippen molar-refractivity contribution < 1.29 is 14.6 Å². The average molecular weight is 420 g/mol. The second kappa shape index (κ2) is 8.44. The SMILES string of the molecule is CCC(C)(Sc1ccc(OCCn2c3ccccc3c3ccccc32)cc1)C(=O)O. The maximum atomic E-state index is 11.5. The molecule has 154 valence electrons. The molecule has 0 radical (unpaired) electrons. The molecular formula is C25H25NO3S. The van der Waals surface area contributed by atoms with Crippen molar-refractivity contribution in [3.05, 3.63) is 72.8 Å². The Morgan fingerprint density at radius 2 is 1.53 bits per heavy atom. The van der Waals surface area contributed by atoms with E-state index in [0.29, 0.717) is 13.0 Å². The van der Waals surface area contributed by atoms with Crippen LogP contribution in [0, 0.1) is 0 Å². The minimum atomic E-state index is -0.821. The lowest BCUT2D eigenvalue weighted by molar-refractivity contribution is -0.139. The van der Waals surface area contributed by atoms with Gasteiger partial charge in [0.2, 0.25) is 0 Å². The highest BCUT2D eigenvalue weighted by molar-refractivity contribution is 8.01. The maximum absolute atomic E-state index is 11.5. The molecule has 0 aliphatic rings. The number of aromatic nitrogens is 1. The van der Waals surface area contributed by atoms with Crippen molar-refractivity contribution in [2.75, 3.05) is 6.61 Å². The highest BCUT2D eigenvalue weighted by atomic mass is 32.2. The fourth-order valence-corrected chi connectivity index (χ4v) is 4.65. The van der Waals surface area contributed by atoms with E-state index in [1.54, 1.807) is 6.92 Å². The lowest BCUT2D eigenvalue weighted by atomic mass is 10.1. The van der Waals surface area contributed by atoms with E-state index in [4.69, 9.17) is 4.74 Å². The van der Waals surface area contributed by atoms with E-state index in [1.807, 2.05) is 31.2 Å². The number of hydrogen-bond donors (Lipinski definition) is 1. The molecule has 0 aliphatic carbocycles. The van der Waals surface area contributed by atoms with Gasteiger partial charge in [-0.15, -0.1) is 11.8 Å². The van der Waals surface area contributed by atoms with Gasteiger partial charge in [0.1, 0.15) is 17.1 Å². The van der Waals surface area contributed by atoms with Gasteiger partial charge >= 0.3 is 5.97 Å². The first-order valence-corrected chi connectivity index (χ1v) is 10.9. The first-order chi connectivity index (χ1) is 14.5. The molecule has 4 rings (SSSR count). The Balaban J connectivity index is 1.45. The molecule has 30 heavy (non-hydrogen) atoms. The fraction of sp³-hybridized carbons (Fsp3) is 0.240. The molecule has 0 amide bonds. The van der Waals surface area contributed by atoms with Crippen molar-refractivity contribution in [1.82, 2.24) is 4.57 Å². The average Bonchev–Trinajstić information content (AvgIpc) is 3.09. The van der Waals surface area contributed by atoms with Gasteiger partial charge in [0.05, 0.1) is 6.54 Å². The van der Waals surface area contributed by atoms with Crippen molar-refractivity contribution in [2.24, 2.45) is 0 Å². The van der Waals surface area contributed by atoms with E-state index in [0.717, 1.165) is 17.2 Å². The molecule has 1 aromatic heterocycles. The number of carbonyl (C=O) groups is 1. The molecule has 0 fully saturated rings. The van der Waals surface area contributed by atoms with Crippen LogP contribution in [0.2, 0.25) is 0 Å². The van der Waals surface area contributed by atoms with Crippen molar-refractivity contribution in [2.45, 2.75) is 36.5 Å². The summed E-state index contributed by atoms with van der Waals surface area (Å²) in [6.07, 6.45) is 0.560. The number of carboxylic acids is 1. The van der Waals surface area contributed by atoms with E-state index in [9.17, 15) is 9.90 Å². The van der Waals surface area contributed by atoms with Gasteiger partial charge in [0.15, 0.2) is 0 Å². The van der Waals surface area contributed by atoms with E-state index in [1.165, 1.54) is 33.6 Å². The second-order valence-corrected chi connectivity index (χ2v) is 9.07. The molecule has 1 N–H and O–H groups in total. The van der Waals surface area contributed by atoms with Gasteiger partial charge in [-0.25, -0.2) is 0 Å². The molecule has 0 aliphatic heterocycles. The molecule has 1 heterocycles. The van der Waals surface area contributed by atoms with Crippen molar-refractivity contribution in [3.8, 4) is 5.75 Å². The molecule has 3 aromatic carbocycles. The number of hydrogen-bond acceptors (Lipinski definition) is 3. The largest absolute Gasteiger partial charge is 0.492 e. The third kappa shape index (κ3) is 3.90. The number of rotatable bonds is 8. The molecular weight excluding hydrogens is 394 g/mol. The maximum Gasteiger partial charge on any atom is 0.319 e. The quantitative estimate of drug-likeness (QED) is 0.345. The summed E-state index contributed by atoms with van der Waals surface area (Å²) in [6, 6.07) is 24.6. The third-order valence-electron chi connectivity index (χ3n) is 5.56. The zero-order valence-corrected chi connectivity index (χ0v) is 18.0. The topological polar surface area (TPSA) is 51.5 Å². The van der Waals surface area contributed by atoms with Crippen LogP contribution in [0.1, 0.15) is 20.3 Å². The van der Waals surface area contributed by atoms with Crippen molar-refractivity contribution >= 4 is 39.5 Å². The van der Waals surface area contributed by atoms with Crippen LogP contribution >= 0.6 is 11.8 Å². The first-order valence-electron chi connectivity index (χ1n) is 10.1. The summed E-state index contributed by atoms with van der Waals surface area (Å²) in [6.45, 7) is 4.96. The minimum Gasteiger partial charge on any atom is -0.492 e. The van der Waals surface area contributed by atoms with E-state index in [2.05, 4.69) is 53.1 Å². The van der Waals surface area contributed by atoms with Gasteiger partial charge in [-0.1, -0.05) is 43.3 Å². The summed E-state index contributed by atoms with van der Waals surface area (Å²) < 4.78 is 7.47. The number of para-hydroxylation sites is 2. The predicted octanol–water partition coefficient (Wildman–Crippen LogP) is 6.22. The van der Waals surface area contributed by atoms with Crippen LogP contribution < -0.4 is 4.74 Å². The van der Waals surface area contributed by atoms with Gasteiger partial charge in [-0.2, -0.15) is 0 Å². The van der Waals surface area contributed by atoms with Crippen molar-refractivity contribution in [1.29, 1.82) is 0 Å². The summed E-state index contributed by atoms with van der Waals surface area (Å²) in [5.41, 5.74) is 2.42. The molecule has 0 saturated carbocycles. The zero-order chi connectivity index (χ0) is 21.1. The Morgan fingerprint density at radius 1 is 0.967 bits per heavy atom. The van der Waals surface area contributed by atoms with Crippen LogP contribution in [0.5, 0.6) is 5.75 Å². The number of thioether (sulfide) groups is 1. The smallest absolute Gasteiger partial charge is 0.319 e. The second-order valence-electron chi connectivity index (χ2n) is 7.50. The van der Waals surface area contributed by atoms with Gasteiger partial charge in [0, 0.05) is 26.7 Å². The molecule has 4 nitrogen and oxygen atoms in total. The van der Waals surface area contributed by atoms with Gasteiger partial charge in [0.25, 0.3) is 0 Å². The monoisotopic (exact) mass is 419 g/mol. The van der Waals surface area contributed by atoms with Gasteiger partial charge < -0.3 is 14.4 Å². The summed E-state index contributed by atoms with van der Waals surface area (Å²) in [5.74, 6) is -0.00449. The Kier molecular flexibility index (Phi) is 5.73. The van der Waals surface area contributed by atoms with E-state index < -0.39 is 10.7 Å². The highest BCUT2D eigenvalue weighted by Crippen LogP contribution is 2.36. The molecule has 1 atom stereocenters. The van der Waals surface area contributed by atoms with Gasteiger partial charge in [-0.05, 0) is 49.7 Å². The summed E-state index contributed by atoms with van der Waals surface area (Å²) in [5, 5.41) is 12.0. The molecule has 4 aromatic rings. The number of benzene rings is 3. The van der Waals surface area contributed by atoms with E-state index >= 15 is 0 Å². The standard InChI is InChI=1S/C25H25NO3S/c1-3-25(2,24(27)28)30-19-14-12-18(13-15-19)29-17-16-26-22-10-6-4-8-20(22)21-9-5-7-11-23(21)26/h4-15H,3,16-17H2,1-2H3,(H,27,28). The van der Waals surface area contributed by atoms with E-state index in [-0.39, 0.29) is 0 Å². The van der Waals surface area contributed by atoms with Crippen LogP contribution in [0.4, 0.5) is 0 Å². The Morgan fingerprint density at radius 3 is 2.07 bits per heavy atom. The number of aliphatic carboxylic acids is 1. The van der Waals surface area contributed by atoms with Crippen LogP contribution in [-0.4, -0.2) is 27.0 Å². The molecule has 0 bridgehead atoms. The highest BCUT2D eigenvalue weighted by Gasteiger charge is 2.32. The third-order valence-corrected chi connectivity index (χ3v) is 6.98. The van der Waals surface area contributed by atoms with Crippen LogP contribution in [-0.2, 0) is 11.3 Å². The molecule has 5 heteroatoms. The van der Waals surface area contributed by atoms with Crippen LogP contribution in [0.15, 0.2) is 77.7 Å². The normalized spacial score (nSPS) is 13.4. The first kappa shape index (κ1) is 20.4. The number of fused-ring (bicyclic) bond motifs is 3. The predicted molar refractivity (Wildman–Crippen MR) is 124 cm³/mol. The minimum absolute atomic E-state index is 0.553. The molecule has 1 unspecified atom stereocenters. The number of ether oxygens (including phenoxy) is 1. The number of nitrogens with zero attached hydrogens (tertiary/aromatic N) is 1. The summed E-state index contributed by atoms with van der Waals surface area (Å²) >= 11 is 1.37. The van der Waals surface area contributed by atoms with Gasteiger partial charge in [-0.3, -0.25) is 4.79 Å². The summed E-state index contributed by atoms with van der Waals surface area (Å²) in [4.78, 5) is 12.4. The number of carboxylic acid groups (broad SMARTS) is 1. The van der Waals surface area contributed by atoms with Crippen LogP contribution in [0.3, 0.4) is 0 Å². The molecule has 0 saturated heterocycles. The Bertz CT molecular complexity index is 1130. The zero-order valence-electron chi connectivity index (χ0n) is 17.2. The summed E-state index contributed by atoms with van der Waals surface area (Å²) in [7, 11) is 0. The fourth-order valence-electron chi connectivity index (χ4n) is 3.63. The lowest BCUT2D eigenvalue weighted by Gasteiger charge is -2.22. The molecule has 0 spiro atoms. The Labute approximate surface area is 180 Å². The van der Waals surface area contributed by atoms with Crippen molar-refractivity contribution in [3.63, 3.8) is 0 Å². The lowest BCUT2D eigenvalue weighted by Crippen LogP contribution is -2.30.